The van der Waals surface area contributed by atoms with Crippen molar-refractivity contribution in [2.45, 2.75) is 19.1 Å². The van der Waals surface area contributed by atoms with Crippen LogP contribution in [-0.4, -0.2) is 33.9 Å². The van der Waals surface area contributed by atoms with E-state index in [0.717, 1.165) is 24.3 Å². The van der Waals surface area contributed by atoms with Crippen LogP contribution >= 0.6 is 11.6 Å². The van der Waals surface area contributed by atoms with Crippen molar-refractivity contribution in [2.24, 2.45) is 0 Å². The highest BCUT2D eigenvalue weighted by molar-refractivity contribution is 6.30. The zero-order valence-corrected chi connectivity index (χ0v) is 15.9. The maximum absolute atomic E-state index is 12.5. The summed E-state index contributed by atoms with van der Waals surface area (Å²) in [7, 11) is 0. The van der Waals surface area contributed by atoms with Crippen LogP contribution < -0.4 is 15.2 Å². The summed E-state index contributed by atoms with van der Waals surface area (Å²) in [6.45, 7) is 1.73. The first-order chi connectivity index (χ1) is 13.6. The molecule has 0 radical (unpaired) electrons. The largest absolute Gasteiger partial charge is 0.489 e. The Hall–Kier alpha value is -2.83. The summed E-state index contributed by atoms with van der Waals surface area (Å²) in [4.78, 5) is 18.9. The molecule has 28 heavy (non-hydrogen) atoms. The molecule has 1 aliphatic heterocycles. The van der Waals surface area contributed by atoms with Crippen LogP contribution in [0.25, 0.3) is 5.69 Å². The summed E-state index contributed by atoms with van der Waals surface area (Å²) in [6, 6.07) is 14.3. The molecule has 7 heteroatoms. The standard InChI is InChI=1S/C21H20ClN3O3/c22-16-3-1-15(2-4-16)14-28-19-8-10-25(21(27)11-19)17-5-6-20(23-12-17)24-9-7-18(26)13-24/h1-6,8,10-12,18,26H,7,9,13-14H2/t18-/m1/s1. The molecule has 0 spiro atoms. The Morgan fingerprint density at radius 1 is 1.18 bits per heavy atom. The molecule has 1 aliphatic rings. The van der Waals surface area contributed by atoms with Gasteiger partial charge in [-0.25, -0.2) is 4.98 Å². The molecule has 3 aromatic rings. The minimum Gasteiger partial charge on any atom is -0.489 e. The molecule has 1 atom stereocenters. The van der Waals surface area contributed by atoms with Gasteiger partial charge in [-0.15, -0.1) is 0 Å². The van der Waals surface area contributed by atoms with Gasteiger partial charge < -0.3 is 14.7 Å². The van der Waals surface area contributed by atoms with E-state index in [9.17, 15) is 9.90 Å². The molecule has 0 unspecified atom stereocenters. The van der Waals surface area contributed by atoms with Crippen LogP contribution in [0.15, 0.2) is 65.7 Å². The van der Waals surface area contributed by atoms with Gasteiger partial charge in [0.1, 0.15) is 18.2 Å². The summed E-state index contributed by atoms with van der Waals surface area (Å²) < 4.78 is 7.22. The molecule has 2 aromatic heterocycles. The predicted octanol–water partition coefficient (Wildman–Crippen LogP) is 3.04. The Labute approximate surface area is 167 Å². The van der Waals surface area contributed by atoms with E-state index in [1.54, 1.807) is 30.6 Å². The van der Waals surface area contributed by atoms with E-state index >= 15 is 0 Å². The number of nitrogens with zero attached hydrogens (tertiary/aromatic N) is 3. The number of rotatable bonds is 5. The number of halogens is 1. The lowest BCUT2D eigenvalue weighted by Crippen LogP contribution is -2.22. The van der Waals surface area contributed by atoms with E-state index < -0.39 is 0 Å². The Bertz CT molecular complexity index is 1000. The molecule has 4 rings (SSSR count). The van der Waals surface area contributed by atoms with Crippen LogP contribution in [0.5, 0.6) is 5.75 Å². The van der Waals surface area contributed by atoms with Crippen molar-refractivity contribution in [3.8, 4) is 11.4 Å². The molecule has 6 nitrogen and oxygen atoms in total. The number of hydrogen-bond acceptors (Lipinski definition) is 5. The van der Waals surface area contributed by atoms with Crippen LogP contribution in [0.1, 0.15) is 12.0 Å². The third-order valence-electron chi connectivity index (χ3n) is 4.71. The van der Waals surface area contributed by atoms with Crippen LogP contribution in [0.3, 0.4) is 0 Å². The molecule has 1 N–H and O–H groups in total. The minimum atomic E-state index is -0.301. The molecule has 0 aliphatic carbocycles. The fourth-order valence-corrected chi connectivity index (χ4v) is 3.29. The summed E-state index contributed by atoms with van der Waals surface area (Å²) in [5.74, 6) is 1.31. The Balaban J connectivity index is 1.45. The predicted molar refractivity (Wildman–Crippen MR) is 108 cm³/mol. The summed E-state index contributed by atoms with van der Waals surface area (Å²) >= 11 is 5.87. The topological polar surface area (TPSA) is 67.6 Å². The van der Waals surface area contributed by atoms with Crippen molar-refractivity contribution in [1.29, 1.82) is 0 Å². The van der Waals surface area contributed by atoms with Crippen LogP contribution in [0.2, 0.25) is 5.02 Å². The van der Waals surface area contributed by atoms with Crippen molar-refractivity contribution in [3.05, 3.63) is 81.9 Å². The van der Waals surface area contributed by atoms with Crippen molar-refractivity contribution in [3.63, 3.8) is 0 Å². The third-order valence-corrected chi connectivity index (χ3v) is 4.96. The van der Waals surface area contributed by atoms with Crippen molar-refractivity contribution < 1.29 is 9.84 Å². The summed E-state index contributed by atoms with van der Waals surface area (Å²) in [5, 5.41) is 10.3. The van der Waals surface area contributed by atoms with E-state index in [1.165, 1.54) is 10.6 Å². The number of aliphatic hydroxyl groups is 1. The normalized spacial score (nSPS) is 16.4. The van der Waals surface area contributed by atoms with Gasteiger partial charge in [0.05, 0.1) is 18.0 Å². The maximum atomic E-state index is 12.5. The lowest BCUT2D eigenvalue weighted by atomic mass is 10.2. The highest BCUT2D eigenvalue weighted by Gasteiger charge is 2.21. The van der Waals surface area contributed by atoms with Gasteiger partial charge in [-0.2, -0.15) is 0 Å². The molecular weight excluding hydrogens is 378 g/mol. The van der Waals surface area contributed by atoms with Gasteiger partial charge in [0.2, 0.25) is 0 Å². The molecular formula is C21H20ClN3O3. The molecule has 0 saturated carbocycles. The number of benzene rings is 1. The molecule has 3 heterocycles. The lowest BCUT2D eigenvalue weighted by Gasteiger charge is -2.17. The quantitative estimate of drug-likeness (QED) is 0.716. The average Bonchev–Trinajstić information content (AvgIpc) is 3.14. The average molecular weight is 398 g/mol. The second-order valence-corrected chi connectivity index (χ2v) is 7.19. The molecule has 1 aromatic carbocycles. The SMILES string of the molecule is O=c1cc(OCc2ccc(Cl)cc2)ccn1-c1ccc(N2CC[C@@H](O)C2)nc1. The monoisotopic (exact) mass is 397 g/mol. The van der Waals surface area contributed by atoms with E-state index in [2.05, 4.69) is 4.98 Å². The summed E-state index contributed by atoms with van der Waals surface area (Å²) in [5.41, 5.74) is 1.46. The molecule has 144 valence electrons. The highest BCUT2D eigenvalue weighted by atomic mass is 35.5. The second-order valence-electron chi connectivity index (χ2n) is 6.75. The number of ether oxygens (including phenoxy) is 1. The number of hydrogen-bond donors (Lipinski definition) is 1. The van der Waals surface area contributed by atoms with E-state index in [-0.39, 0.29) is 11.7 Å². The van der Waals surface area contributed by atoms with Gasteiger partial charge in [-0.3, -0.25) is 9.36 Å². The Kier molecular flexibility index (Phi) is 5.32. The van der Waals surface area contributed by atoms with Crippen LogP contribution in [0, 0.1) is 0 Å². The van der Waals surface area contributed by atoms with Gasteiger partial charge in [0.15, 0.2) is 0 Å². The maximum Gasteiger partial charge on any atom is 0.258 e. The van der Waals surface area contributed by atoms with Gasteiger partial charge in [0.25, 0.3) is 5.56 Å². The Morgan fingerprint density at radius 3 is 2.64 bits per heavy atom. The highest BCUT2D eigenvalue weighted by Crippen LogP contribution is 2.19. The van der Waals surface area contributed by atoms with Gasteiger partial charge in [-0.05, 0) is 42.3 Å². The molecule has 0 bridgehead atoms. The molecule has 1 fully saturated rings. The number of anilines is 1. The zero-order valence-electron chi connectivity index (χ0n) is 15.2. The first-order valence-electron chi connectivity index (χ1n) is 9.08. The minimum absolute atomic E-state index is 0.195. The number of pyridine rings is 2. The fraction of sp³-hybridized carbons (Fsp3) is 0.238. The summed E-state index contributed by atoms with van der Waals surface area (Å²) in [6.07, 6.45) is 3.79. The number of β-amino-alcohol motifs (C(OH)–C–C–N with tert-alkyl or cyclic N) is 1. The zero-order chi connectivity index (χ0) is 19.5. The number of aliphatic hydroxyl groups excluding tert-OH is 1. The second kappa shape index (κ2) is 8.04. The fourth-order valence-electron chi connectivity index (χ4n) is 3.17. The Morgan fingerprint density at radius 2 is 2.00 bits per heavy atom. The van der Waals surface area contributed by atoms with Gasteiger partial charge >= 0.3 is 0 Å². The third kappa shape index (κ3) is 4.18. The molecule has 1 saturated heterocycles. The van der Waals surface area contributed by atoms with E-state index in [4.69, 9.17) is 16.3 Å². The van der Waals surface area contributed by atoms with Gasteiger partial charge in [0, 0.05) is 30.4 Å². The smallest absolute Gasteiger partial charge is 0.258 e. The van der Waals surface area contributed by atoms with Crippen molar-refractivity contribution in [2.75, 3.05) is 18.0 Å². The first kappa shape index (κ1) is 18.5. The van der Waals surface area contributed by atoms with Crippen LogP contribution in [0.4, 0.5) is 5.82 Å². The van der Waals surface area contributed by atoms with Crippen molar-refractivity contribution in [1.82, 2.24) is 9.55 Å². The van der Waals surface area contributed by atoms with Gasteiger partial charge in [-0.1, -0.05) is 23.7 Å². The van der Waals surface area contributed by atoms with E-state index in [0.29, 0.717) is 29.6 Å². The van der Waals surface area contributed by atoms with E-state index in [1.807, 2.05) is 29.2 Å². The first-order valence-corrected chi connectivity index (χ1v) is 9.46. The lowest BCUT2D eigenvalue weighted by molar-refractivity contribution is 0.198. The van der Waals surface area contributed by atoms with Crippen molar-refractivity contribution >= 4 is 17.4 Å². The molecule has 0 amide bonds. The van der Waals surface area contributed by atoms with Crippen LogP contribution in [-0.2, 0) is 6.61 Å². The number of aromatic nitrogens is 2.